The summed E-state index contributed by atoms with van der Waals surface area (Å²) in [7, 11) is 0. The van der Waals surface area contributed by atoms with Gasteiger partial charge in [0.15, 0.2) is 5.75 Å². The number of hydrogen-bond donors (Lipinski definition) is 2. The summed E-state index contributed by atoms with van der Waals surface area (Å²) in [6, 6.07) is 0.0905. The lowest BCUT2D eigenvalue weighted by Crippen LogP contribution is -2.17. The smallest absolute Gasteiger partial charge is 0.410 e. The highest BCUT2D eigenvalue weighted by Crippen LogP contribution is 2.09. The Kier molecular flexibility index (Phi) is 3.81. The predicted octanol–water partition coefficient (Wildman–Crippen LogP) is -0.306. The van der Waals surface area contributed by atoms with Crippen molar-refractivity contribution in [1.82, 2.24) is 9.97 Å². The molecule has 0 radical (unpaired) electrons. The zero-order chi connectivity index (χ0) is 11.3. The third kappa shape index (κ3) is 4.23. The molecule has 0 spiro atoms. The third-order valence-electron chi connectivity index (χ3n) is 1.28. The summed E-state index contributed by atoms with van der Waals surface area (Å²) in [6.45, 7) is 1.67. The van der Waals surface area contributed by atoms with Gasteiger partial charge in [0.05, 0.1) is 18.5 Å². The minimum atomic E-state index is -0.934. The van der Waals surface area contributed by atoms with Gasteiger partial charge in [0.2, 0.25) is 0 Å². The normalized spacial score (nSPS) is 11.9. The van der Waals surface area contributed by atoms with Crippen LogP contribution >= 0.6 is 0 Å². The van der Waals surface area contributed by atoms with Crippen LogP contribution in [0.3, 0.4) is 0 Å². The van der Waals surface area contributed by atoms with Crippen LogP contribution in [0.5, 0.6) is 11.8 Å². The number of ether oxygens (including phenoxy) is 2. The van der Waals surface area contributed by atoms with Crippen LogP contribution in [0, 0.1) is 0 Å². The van der Waals surface area contributed by atoms with Crippen LogP contribution in [0.1, 0.15) is 6.92 Å². The number of aromatic nitrogens is 2. The van der Waals surface area contributed by atoms with Gasteiger partial charge in [0.1, 0.15) is 6.61 Å². The number of hydrogen-bond acceptors (Lipinski definition) is 6. The van der Waals surface area contributed by atoms with E-state index in [4.69, 9.17) is 15.6 Å². The fourth-order valence-electron chi connectivity index (χ4n) is 0.743. The van der Waals surface area contributed by atoms with Crippen molar-refractivity contribution >= 4 is 6.09 Å². The Hall–Kier alpha value is -1.89. The third-order valence-corrected chi connectivity index (χ3v) is 1.28. The van der Waals surface area contributed by atoms with Crippen LogP contribution in [0.4, 0.5) is 4.79 Å². The molecule has 82 valence electrons. The first-order chi connectivity index (χ1) is 7.08. The zero-order valence-electron chi connectivity index (χ0n) is 8.08. The Morgan fingerprint density at radius 1 is 1.60 bits per heavy atom. The molecule has 0 saturated heterocycles. The standard InChI is InChI=1S/C8H11N3O4/c1-5(12)4-14-8-10-2-6(3-11-8)15-7(9)13/h2-3,5,12H,4H2,1H3,(H2,9,13)/t5-/m1/s1. The Balaban J connectivity index is 2.52. The fraction of sp³-hybridized carbons (Fsp3) is 0.375. The minimum Gasteiger partial charge on any atom is -0.461 e. The quantitative estimate of drug-likeness (QED) is 0.710. The van der Waals surface area contributed by atoms with E-state index in [1.807, 2.05) is 0 Å². The summed E-state index contributed by atoms with van der Waals surface area (Å²) in [5.41, 5.74) is 4.78. The Morgan fingerprint density at radius 2 is 2.20 bits per heavy atom. The first-order valence-electron chi connectivity index (χ1n) is 4.18. The van der Waals surface area contributed by atoms with Gasteiger partial charge < -0.3 is 20.3 Å². The van der Waals surface area contributed by atoms with Crippen LogP contribution in [0.25, 0.3) is 0 Å². The van der Waals surface area contributed by atoms with E-state index in [1.165, 1.54) is 12.4 Å². The number of rotatable bonds is 4. The lowest BCUT2D eigenvalue weighted by Gasteiger charge is -2.06. The molecule has 1 aromatic rings. The topological polar surface area (TPSA) is 108 Å². The molecule has 1 aromatic heterocycles. The molecule has 0 aromatic carbocycles. The van der Waals surface area contributed by atoms with Gasteiger partial charge in [-0.05, 0) is 6.92 Å². The van der Waals surface area contributed by atoms with Gasteiger partial charge >= 0.3 is 12.1 Å². The molecular formula is C8H11N3O4. The Morgan fingerprint density at radius 3 is 2.67 bits per heavy atom. The highest BCUT2D eigenvalue weighted by molar-refractivity contribution is 5.67. The van der Waals surface area contributed by atoms with Crippen molar-refractivity contribution < 1.29 is 19.4 Å². The molecule has 1 heterocycles. The van der Waals surface area contributed by atoms with Gasteiger partial charge in [-0.2, -0.15) is 9.97 Å². The molecule has 1 atom stereocenters. The molecule has 0 aliphatic carbocycles. The second kappa shape index (κ2) is 5.11. The summed E-state index contributed by atoms with van der Waals surface area (Å²) < 4.78 is 9.49. The highest BCUT2D eigenvalue weighted by Gasteiger charge is 2.03. The first kappa shape index (κ1) is 11.2. The van der Waals surface area contributed by atoms with E-state index in [9.17, 15) is 4.79 Å². The minimum absolute atomic E-state index is 0.0905. The van der Waals surface area contributed by atoms with Crippen LogP contribution < -0.4 is 15.2 Å². The van der Waals surface area contributed by atoms with Crippen LogP contribution in [0.2, 0.25) is 0 Å². The molecule has 7 heteroatoms. The second-order valence-corrected chi connectivity index (χ2v) is 2.78. The van der Waals surface area contributed by atoms with Crippen LogP contribution in [-0.2, 0) is 0 Å². The van der Waals surface area contributed by atoms with E-state index < -0.39 is 12.2 Å². The Labute approximate surface area is 85.9 Å². The second-order valence-electron chi connectivity index (χ2n) is 2.78. The number of aliphatic hydroxyl groups is 1. The number of carbonyl (C=O) groups is 1. The monoisotopic (exact) mass is 213 g/mol. The van der Waals surface area contributed by atoms with Gasteiger partial charge in [-0.3, -0.25) is 0 Å². The average Bonchev–Trinajstić information content (AvgIpc) is 2.16. The lowest BCUT2D eigenvalue weighted by atomic mass is 10.4. The molecule has 7 nitrogen and oxygen atoms in total. The lowest BCUT2D eigenvalue weighted by molar-refractivity contribution is 0.116. The predicted molar refractivity (Wildman–Crippen MR) is 49.4 cm³/mol. The molecule has 0 saturated carbocycles. The van der Waals surface area contributed by atoms with Gasteiger partial charge in [-0.15, -0.1) is 0 Å². The van der Waals surface area contributed by atoms with E-state index >= 15 is 0 Å². The van der Waals surface area contributed by atoms with Crippen molar-refractivity contribution in [3.05, 3.63) is 12.4 Å². The number of nitrogens with two attached hydrogens (primary N) is 1. The van der Waals surface area contributed by atoms with Crippen LogP contribution in [0.15, 0.2) is 12.4 Å². The zero-order valence-corrected chi connectivity index (χ0v) is 8.08. The number of carbonyl (C=O) groups excluding carboxylic acids is 1. The average molecular weight is 213 g/mol. The maximum atomic E-state index is 10.3. The van der Waals surface area contributed by atoms with Gasteiger partial charge in [0.25, 0.3) is 0 Å². The maximum absolute atomic E-state index is 10.3. The molecule has 1 amide bonds. The van der Waals surface area contributed by atoms with Crippen LogP contribution in [-0.4, -0.2) is 33.9 Å². The van der Waals surface area contributed by atoms with Crippen molar-refractivity contribution in [3.8, 4) is 11.8 Å². The highest BCUT2D eigenvalue weighted by atomic mass is 16.5. The molecule has 15 heavy (non-hydrogen) atoms. The summed E-state index contributed by atoms with van der Waals surface area (Å²) in [5.74, 6) is 0.131. The number of amides is 1. The molecule has 3 N–H and O–H groups in total. The SMILES string of the molecule is C[C@@H](O)COc1ncc(OC(N)=O)cn1. The van der Waals surface area contributed by atoms with Crippen molar-refractivity contribution in [2.75, 3.05) is 6.61 Å². The largest absolute Gasteiger partial charge is 0.461 e. The molecule has 0 aliphatic rings. The Bertz CT molecular complexity index is 325. The van der Waals surface area contributed by atoms with Crippen molar-refractivity contribution in [2.24, 2.45) is 5.73 Å². The summed E-state index contributed by atoms with van der Waals surface area (Å²) in [5, 5.41) is 8.92. The summed E-state index contributed by atoms with van der Waals surface area (Å²) in [4.78, 5) is 17.8. The van der Waals surface area contributed by atoms with Gasteiger partial charge in [-0.1, -0.05) is 0 Å². The van der Waals surface area contributed by atoms with Crippen molar-refractivity contribution in [3.63, 3.8) is 0 Å². The molecular weight excluding hydrogens is 202 g/mol. The van der Waals surface area contributed by atoms with E-state index in [2.05, 4.69) is 14.7 Å². The summed E-state index contributed by atoms with van der Waals surface area (Å²) in [6.07, 6.45) is 0.955. The van der Waals surface area contributed by atoms with E-state index in [0.717, 1.165) is 0 Å². The molecule has 0 bridgehead atoms. The van der Waals surface area contributed by atoms with Crippen molar-refractivity contribution in [1.29, 1.82) is 0 Å². The number of aliphatic hydroxyl groups excluding tert-OH is 1. The van der Waals surface area contributed by atoms with Gasteiger partial charge in [-0.25, -0.2) is 4.79 Å². The molecule has 0 fully saturated rings. The van der Waals surface area contributed by atoms with Gasteiger partial charge in [0, 0.05) is 0 Å². The number of primary amides is 1. The maximum Gasteiger partial charge on any atom is 0.410 e. The summed E-state index contributed by atoms with van der Waals surface area (Å²) >= 11 is 0. The molecule has 0 aliphatic heterocycles. The first-order valence-corrected chi connectivity index (χ1v) is 4.18. The fourth-order valence-corrected chi connectivity index (χ4v) is 0.743. The van der Waals surface area contributed by atoms with E-state index in [-0.39, 0.29) is 18.4 Å². The van der Waals surface area contributed by atoms with E-state index in [0.29, 0.717) is 0 Å². The number of nitrogens with zero attached hydrogens (tertiary/aromatic N) is 2. The van der Waals surface area contributed by atoms with E-state index in [1.54, 1.807) is 6.92 Å². The molecule has 0 unspecified atom stereocenters. The molecule has 1 rings (SSSR count). The van der Waals surface area contributed by atoms with Crippen molar-refractivity contribution in [2.45, 2.75) is 13.0 Å².